The molecule has 2 aromatic heterocycles. The van der Waals surface area contributed by atoms with E-state index in [0.717, 1.165) is 68.8 Å². The standard InChI is InChI=1S/C35H43FN6S/c1-25(22-35(2,3)4)27-15-16-29-30(21-27)42(23-26-9-7-10-26)34(37-29)24-40-17-19-41(20-18-40)33-14-8-13-32(38-33)39-43-31-12-6-5-11-28(31)36/h5-6,8,11-16,21,26H,1,7,9-10,17-20,22-24H2,2-4H3,(H,38,39). The summed E-state index contributed by atoms with van der Waals surface area (Å²) in [6.07, 6.45) is 4.95. The Bertz CT molecular complexity index is 1580. The molecule has 1 saturated heterocycles. The van der Waals surface area contributed by atoms with Gasteiger partial charge in [0.25, 0.3) is 0 Å². The van der Waals surface area contributed by atoms with Crippen molar-refractivity contribution in [3.05, 3.63) is 84.4 Å². The lowest BCUT2D eigenvalue weighted by Gasteiger charge is -2.35. The number of nitrogens with zero attached hydrogens (tertiary/aromatic N) is 5. The van der Waals surface area contributed by atoms with Crippen molar-refractivity contribution < 1.29 is 4.39 Å². The lowest BCUT2D eigenvalue weighted by atomic mass is 9.85. The summed E-state index contributed by atoms with van der Waals surface area (Å²) in [4.78, 5) is 15.4. The minimum Gasteiger partial charge on any atom is -0.354 e. The molecule has 6 rings (SSSR count). The van der Waals surface area contributed by atoms with Gasteiger partial charge in [-0.25, -0.2) is 14.4 Å². The SMILES string of the molecule is C=C(CC(C)(C)C)c1ccc2nc(CN3CCN(c4cccc(NSc5ccccc5F)n4)CC3)n(CC3CCC3)c2c1. The smallest absolute Gasteiger partial charge is 0.138 e. The fraction of sp³-hybridized carbons (Fsp3) is 0.429. The molecule has 0 bridgehead atoms. The highest BCUT2D eigenvalue weighted by Gasteiger charge is 2.25. The number of fused-ring (bicyclic) bond motifs is 1. The number of pyridine rings is 1. The fourth-order valence-corrected chi connectivity index (χ4v) is 6.66. The molecule has 1 aliphatic heterocycles. The lowest BCUT2D eigenvalue weighted by molar-refractivity contribution is 0.231. The monoisotopic (exact) mass is 598 g/mol. The predicted molar refractivity (Wildman–Crippen MR) is 178 cm³/mol. The molecule has 1 saturated carbocycles. The third-order valence-electron chi connectivity index (χ3n) is 8.54. The normalized spacial score (nSPS) is 16.4. The first kappa shape index (κ1) is 29.7. The molecule has 0 amide bonds. The molecule has 8 heteroatoms. The van der Waals surface area contributed by atoms with Gasteiger partial charge in [-0.05, 0) is 90.1 Å². The van der Waals surface area contributed by atoms with E-state index < -0.39 is 0 Å². The lowest BCUT2D eigenvalue weighted by Crippen LogP contribution is -2.46. The highest BCUT2D eigenvalue weighted by molar-refractivity contribution is 8.00. The average molecular weight is 599 g/mol. The van der Waals surface area contributed by atoms with Crippen LogP contribution >= 0.6 is 11.9 Å². The van der Waals surface area contributed by atoms with E-state index in [2.05, 4.69) is 70.7 Å². The number of nitrogens with one attached hydrogen (secondary N) is 1. The average Bonchev–Trinajstić information content (AvgIpc) is 3.30. The molecule has 6 nitrogen and oxygen atoms in total. The molecule has 2 aliphatic rings. The Morgan fingerprint density at radius 3 is 2.51 bits per heavy atom. The Morgan fingerprint density at radius 1 is 1.00 bits per heavy atom. The van der Waals surface area contributed by atoms with Gasteiger partial charge in [0.1, 0.15) is 23.3 Å². The second-order valence-corrected chi connectivity index (χ2v) is 14.1. The molecular formula is C35H43FN6S. The molecule has 1 N–H and O–H groups in total. The van der Waals surface area contributed by atoms with Crippen LogP contribution in [-0.2, 0) is 13.1 Å². The second-order valence-electron chi connectivity index (χ2n) is 13.3. The third-order valence-corrected chi connectivity index (χ3v) is 9.40. The van der Waals surface area contributed by atoms with Gasteiger partial charge in [-0.2, -0.15) is 0 Å². The van der Waals surface area contributed by atoms with Crippen LogP contribution in [0.25, 0.3) is 16.6 Å². The van der Waals surface area contributed by atoms with Crippen LogP contribution in [0.5, 0.6) is 0 Å². The summed E-state index contributed by atoms with van der Waals surface area (Å²) >= 11 is 1.25. The Labute approximate surface area is 259 Å². The maximum absolute atomic E-state index is 14.0. The highest BCUT2D eigenvalue weighted by Crippen LogP contribution is 2.33. The summed E-state index contributed by atoms with van der Waals surface area (Å²) in [6, 6.07) is 19.5. The summed E-state index contributed by atoms with van der Waals surface area (Å²) in [5, 5.41) is 0. The number of hydrogen-bond acceptors (Lipinski definition) is 6. The van der Waals surface area contributed by atoms with Crippen molar-refractivity contribution in [2.24, 2.45) is 11.3 Å². The van der Waals surface area contributed by atoms with Gasteiger partial charge in [0.2, 0.25) is 0 Å². The van der Waals surface area contributed by atoms with Crippen LogP contribution in [-0.4, -0.2) is 45.6 Å². The molecule has 2 fully saturated rings. The summed E-state index contributed by atoms with van der Waals surface area (Å²) in [6.45, 7) is 16.8. The van der Waals surface area contributed by atoms with Crippen molar-refractivity contribution in [1.82, 2.24) is 19.4 Å². The van der Waals surface area contributed by atoms with Crippen LogP contribution in [0.1, 0.15) is 57.8 Å². The van der Waals surface area contributed by atoms with Gasteiger partial charge in [0.05, 0.1) is 22.5 Å². The predicted octanol–water partition coefficient (Wildman–Crippen LogP) is 8.26. The molecule has 0 radical (unpaired) electrons. The van der Waals surface area contributed by atoms with E-state index in [-0.39, 0.29) is 11.2 Å². The number of halogens is 1. The fourth-order valence-electron chi connectivity index (χ4n) is 6.02. The van der Waals surface area contributed by atoms with Gasteiger partial charge in [0.15, 0.2) is 0 Å². The van der Waals surface area contributed by atoms with Crippen molar-refractivity contribution >= 4 is 40.2 Å². The summed E-state index contributed by atoms with van der Waals surface area (Å²) in [5.74, 6) is 3.35. The van der Waals surface area contributed by atoms with Crippen molar-refractivity contribution in [3.63, 3.8) is 0 Å². The topological polar surface area (TPSA) is 49.2 Å². The Kier molecular flexibility index (Phi) is 8.78. The number of piperazine rings is 1. The van der Waals surface area contributed by atoms with Crippen LogP contribution in [0.15, 0.2) is 72.1 Å². The number of rotatable bonds is 10. The van der Waals surface area contributed by atoms with Crippen molar-refractivity contribution in [2.45, 2.75) is 64.4 Å². The maximum atomic E-state index is 14.0. The summed E-state index contributed by atoms with van der Waals surface area (Å²) < 4.78 is 19.7. The van der Waals surface area contributed by atoms with Crippen LogP contribution < -0.4 is 9.62 Å². The minimum absolute atomic E-state index is 0.208. The Morgan fingerprint density at radius 2 is 1.79 bits per heavy atom. The maximum Gasteiger partial charge on any atom is 0.138 e. The van der Waals surface area contributed by atoms with Crippen LogP contribution in [0, 0.1) is 17.2 Å². The van der Waals surface area contributed by atoms with Gasteiger partial charge in [-0.3, -0.25) is 4.90 Å². The van der Waals surface area contributed by atoms with E-state index in [4.69, 9.17) is 9.97 Å². The van der Waals surface area contributed by atoms with E-state index in [1.807, 2.05) is 18.2 Å². The van der Waals surface area contributed by atoms with Gasteiger partial charge in [-0.1, -0.05) is 58.0 Å². The zero-order valence-electron chi connectivity index (χ0n) is 25.7. The first-order valence-corrected chi connectivity index (χ1v) is 16.3. The van der Waals surface area contributed by atoms with Crippen molar-refractivity contribution in [3.8, 4) is 0 Å². The van der Waals surface area contributed by atoms with E-state index in [1.165, 1.54) is 59.8 Å². The molecule has 1 aliphatic carbocycles. The molecule has 2 aromatic carbocycles. The first-order chi connectivity index (χ1) is 20.7. The first-order valence-electron chi connectivity index (χ1n) is 15.5. The van der Waals surface area contributed by atoms with E-state index in [1.54, 1.807) is 12.1 Å². The molecular weight excluding hydrogens is 555 g/mol. The van der Waals surface area contributed by atoms with Crippen molar-refractivity contribution in [1.29, 1.82) is 0 Å². The van der Waals surface area contributed by atoms with E-state index >= 15 is 0 Å². The van der Waals surface area contributed by atoms with E-state index in [0.29, 0.717) is 4.90 Å². The van der Waals surface area contributed by atoms with Gasteiger partial charge < -0.3 is 14.2 Å². The number of hydrogen-bond donors (Lipinski definition) is 1. The van der Waals surface area contributed by atoms with Gasteiger partial charge >= 0.3 is 0 Å². The molecule has 3 heterocycles. The molecule has 0 unspecified atom stereocenters. The Balaban J connectivity index is 1.12. The minimum atomic E-state index is -0.236. The molecule has 226 valence electrons. The van der Waals surface area contributed by atoms with Gasteiger partial charge in [-0.15, -0.1) is 0 Å². The number of benzene rings is 2. The number of allylic oxidation sites excluding steroid dienone is 1. The zero-order valence-corrected chi connectivity index (χ0v) is 26.5. The summed E-state index contributed by atoms with van der Waals surface area (Å²) in [5.41, 5.74) is 4.97. The highest BCUT2D eigenvalue weighted by atomic mass is 32.2. The molecule has 0 atom stereocenters. The van der Waals surface area contributed by atoms with Crippen LogP contribution in [0.2, 0.25) is 0 Å². The zero-order chi connectivity index (χ0) is 30.0. The number of imidazole rings is 1. The van der Waals surface area contributed by atoms with Crippen LogP contribution in [0.3, 0.4) is 0 Å². The molecule has 43 heavy (non-hydrogen) atoms. The third kappa shape index (κ3) is 7.24. The summed E-state index contributed by atoms with van der Waals surface area (Å²) in [7, 11) is 0. The molecule has 4 aromatic rings. The Hall–Kier alpha value is -3.36. The van der Waals surface area contributed by atoms with E-state index in [9.17, 15) is 4.39 Å². The van der Waals surface area contributed by atoms with Crippen molar-refractivity contribution in [2.75, 3.05) is 35.8 Å². The number of anilines is 2. The molecule has 0 spiro atoms. The van der Waals surface area contributed by atoms with Gasteiger partial charge in [0, 0.05) is 32.7 Å². The van der Waals surface area contributed by atoms with Crippen LogP contribution in [0.4, 0.5) is 16.0 Å². The second kappa shape index (κ2) is 12.7. The number of aromatic nitrogens is 3. The quantitative estimate of drug-likeness (QED) is 0.186. The largest absolute Gasteiger partial charge is 0.354 e.